The van der Waals surface area contributed by atoms with Gasteiger partial charge in [0.25, 0.3) is 0 Å². The first kappa shape index (κ1) is 16.6. The summed E-state index contributed by atoms with van der Waals surface area (Å²) in [5, 5.41) is 9.83. The molecule has 1 aromatic heterocycles. The maximum Gasteiger partial charge on any atom is 0.338 e. The van der Waals surface area contributed by atoms with E-state index < -0.39 is 11.9 Å². The van der Waals surface area contributed by atoms with Crippen LogP contribution in [0.4, 0.5) is 0 Å². The van der Waals surface area contributed by atoms with E-state index in [1.807, 2.05) is 42.5 Å². The summed E-state index contributed by atoms with van der Waals surface area (Å²) in [6, 6.07) is 15.4. The number of nitriles is 1. The van der Waals surface area contributed by atoms with Crippen molar-refractivity contribution in [2.24, 2.45) is 0 Å². The fraction of sp³-hybridized carbons (Fsp3) is 0.200. The van der Waals surface area contributed by atoms with Crippen LogP contribution >= 0.6 is 0 Å². The summed E-state index contributed by atoms with van der Waals surface area (Å²) >= 11 is 0. The van der Waals surface area contributed by atoms with Gasteiger partial charge in [0.05, 0.1) is 18.1 Å². The molecule has 0 spiro atoms. The second kappa shape index (κ2) is 7.10. The molecule has 2 heterocycles. The molecule has 1 aromatic carbocycles. The monoisotopic (exact) mass is 334 g/mol. The number of benzene rings is 1. The molecule has 0 saturated carbocycles. The van der Waals surface area contributed by atoms with E-state index >= 15 is 0 Å². The highest BCUT2D eigenvalue weighted by molar-refractivity contribution is 5.93. The van der Waals surface area contributed by atoms with E-state index in [9.17, 15) is 10.1 Å². The van der Waals surface area contributed by atoms with Gasteiger partial charge in [-0.3, -0.25) is 4.57 Å². The molecule has 0 fully saturated rings. The molecule has 0 N–H and O–H groups in total. The Labute approximate surface area is 146 Å². The van der Waals surface area contributed by atoms with Gasteiger partial charge in [0.1, 0.15) is 17.4 Å². The normalized spacial score (nSPS) is 17.1. The van der Waals surface area contributed by atoms with Gasteiger partial charge in [-0.25, -0.2) is 4.79 Å². The summed E-state index contributed by atoms with van der Waals surface area (Å²) in [4.78, 5) is 12.5. The number of allylic oxidation sites excluding steroid dienone is 2. The van der Waals surface area contributed by atoms with E-state index in [1.54, 1.807) is 30.8 Å². The number of hydrogen-bond donors (Lipinski definition) is 0. The third kappa shape index (κ3) is 3.07. The van der Waals surface area contributed by atoms with Gasteiger partial charge in [0.15, 0.2) is 0 Å². The van der Waals surface area contributed by atoms with Crippen LogP contribution in [0.1, 0.15) is 25.3 Å². The molecule has 1 aliphatic heterocycles. The Hall–Kier alpha value is -3.26. The highest BCUT2D eigenvalue weighted by Gasteiger charge is 2.37. The van der Waals surface area contributed by atoms with Gasteiger partial charge < -0.3 is 9.47 Å². The van der Waals surface area contributed by atoms with Gasteiger partial charge in [0, 0.05) is 12.4 Å². The minimum Gasteiger partial charge on any atom is -0.463 e. The lowest BCUT2D eigenvalue weighted by Crippen LogP contribution is -2.24. The number of carbonyl (C=O) groups is 1. The molecule has 0 aliphatic carbocycles. The number of esters is 1. The second-order valence-electron chi connectivity index (χ2n) is 5.56. The highest BCUT2D eigenvalue weighted by atomic mass is 16.5. The lowest BCUT2D eigenvalue weighted by Gasteiger charge is -2.28. The van der Waals surface area contributed by atoms with Crippen molar-refractivity contribution in [2.45, 2.75) is 19.8 Å². The number of carbonyl (C=O) groups excluding carboxylic acids is 1. The van der Waals surface area contributed by atoms with Gasteiger partial charge in [0.2, 0.25) is 5.88 Å². The molecular weight excluding hydrogens is 316 g/mol. The maximum atomic E-state index is 12.5. The molecule has 0 bridgehead atoms. The molecule has 126 valence electrons. The summed E-state index contributed by atoms with van der Waals surface area (Å²) in [6.07, 6.45) is 3.61. The molecule has 0 saturated heterocycles. The molecule has 25 heavy (non-hydrogen) atoms. The third-order valence-corrected chi connectivity index (χ3v) is 4.02. The Morgan fingerprint density at radius 1 is 1.24 bits per heavy atom. The van der Waals surface area contributed by atoms with E-state index in [4.69, 9.17) is 9.47 Å². The summed E-state index contributed by atoms with van der Waals surface area (Å²) in [5.41, 5.74) is 1.57. The van der Waals surface area contributed by atoms with Crippen LogP contribution in [0.3, 0.4) is 0 Å². The van der Waals surface area contributed by atoms with Crippen LogP contribution in [0.25, 0.3) is 5.88 Å². The molecule has 5 heteroatoms. The van der Waals surface area contributed by atoms with Gasteiger partial charge in [-0.05, 0) is 31.5 Å². The SMILES string of the molecule is CCOC(=O)C1=C(C)OC(n2cccc2)=C(C#N)[C@@H]1c1ccccc1. The fourth-order valence-electron chi connectivity index (χ4n) is 2.95. The molecule has 0 unspecified atom stereocenters. The van der Waals surface area contributed by atoms with Gasteiger partial charge in [-0.1, -0.05) is 30.3 Å². The zero-order chi connectivity index (χ0) is 17.8. The largest absolute Gasteiger partial charge is 0.463 e. The average Bonchev–Trinajstić information content (AvgIpc) is 3.16. The molecule has 0 amide bonds. The minimum absolute atomic E-state index is 0.257. The van der Waals surface area contributed by atoms with E-state index in [2.05, 4.69) is 6.07 Å². The van der Waals surface area contributed by atoms with Crippen LogP contribution in [0.2, 0.25) is 0 Å². The predicted molar refractivity (Wildman–Crippen MR) is 92.9 cm³/mol. The molecule has 0 radical (unpaired) electrons. The van der Waals surface area contributed by atoms with E-state index in [0.29, 0.717) is 22.8 Å². The van der Waals surface area contributed by atoms with Crippen molar-refractivity contribution >= 4 is 11.9 Å². The van der Waals surface area contributed by atoms with Gasteiger partial charge in [-0.15, -0.1) is 0 Å². The molecule has 1 atom stereocenters. The van der Waals surface area contributed by atoms with E-state index in [-0.39, 0.29) is 6.61 Å². The molecule has 1 aliphatic rings. The predicted octanol–water partition coefficient (Wildman–Crippen LogP) is 3.83. The Morgan fingerprint density at radius 3 is 2.52 bits per heavy atom. The molecular formula is C20H18N2O3. The first-order valence-electron chi connectivity index (χ1n) is 8.05. The molecule has 5 nitrogen and oxygen atoms in total. The van der Waals surface area contributed by atoms with Crippen molar-refractivity contribution in [2.75, 3.05) is 6.61 Å². The van der Waals surface area contributed by atoms with Crippen LogP contribution in [0.5, 0.6) is 0 Å². The smallest absolute Gasteiger partial charge is 0.338 e. The summed E-state index contributed by atoms with van der Waals surface area (Å²) < 4.78 is 12.8. The summed E-state index contributed by atoms with van der Waals surface area (Å²) in [7, 11) is 0. The van der Waals surface area contributed by atoms with Crippen LogP contribution in [-0.2, 0) is 14.3 Å². The number of ether oxygens (including phenoxy) is 2. The van der Waals surface area contributed by atoms with Crippen molar-refractivity contribution < 1.29 is 14.3 Å². The Balaban J connectivity index is 2.20. The number of rotatable bonds is 4. The van der Waals surface area contributed by atoms with Crippen molar-refractivity contribution in [1.82, 2.24) is 4.57 Å². The number of aromatic nitrogens is 1. The lowest BCUT2D eigenvalue weighted by atomic mass is 9.83. The van der Waals surface area contributed by atoms with Gasteiger partial charge >= 0.3 is 5.97 Å². The lowest BCUT2D eigenvalue weighted by molar-refractivity contribution is -0.139. The Morgan fingerprint density at radius 2 is 1.92 bits per heavy atom. The zero-order valence-electron chi connectivity index (χ0n) is 14.1. The zero-order valence-corrected chi connectivity index (χ0v) is 14.1. The Bertz CT molecular complexity index is 871. The van der Waals surface area contributed by atoms with Crippen molar-refractivity contribution in [1.29, 1.82) is 5.26 Å². The second-order valence-corrected chi connectivity index (χ2v) is 5.56. The van der Waals surface area contributed by atoms with Crippen LogP contribution in [-0.4, -0.2) is 17.1 Å². The quantitative estimate of drug-likeness (QED) is 0.797. The molecule has 3 rings (SSSR count). The van der Waals surface area contributed by atoms with Crippen molar-refractivity contribution in [3.63, 3.8) is 0 Å². The van der Waals surface area contributed by atoms with E-state index in [1.165, 1.54) is 0 Å². The Kier molecular flexibility index (Phi) is 4.71. The number of nitrogens with zero attached hydrogens (tertiary/aromatic N) is 2. The standard InChI is InChI=1S/C20H18N2O3/c1-3-24-20(23)17-14(2)25-19(22-11-7-8-12-22)16(13-21)18(17)15-9-5-4-6-10-15/h4-12,18H,3H2,1-2H3/t18-/m0/s1. The maximum absolute atomic E-state index is 12.5. The third-order valence-electron chi connectivity index (χ3n) is 4.02. The highest BCUT2D eigenvalue weighted by Crippen LogP contribution is 2.41. The summed E-state index contributed by atoms with van der Waals surface area (Å²) in [5.74, 6) is -0.147. The molecule has 2 aromatic rings. The topological polar surface area (TPSA) is 64.2 Å². The minimum atomic E-state index is -0.531. The fourth-order valence-corrected chi connectivity index (χ4v) is 2.95. The number of hydrogen-bond acceptors (Lipinski definition) is 4. The van der Waals surface area contributed by atoms with Crippen molar-refractivity contribution in [3.8, 4) is 6.07 Å². The van der Waals surface area contributed by atoms with Crippen LogP contribution in [0, 0.1) is 11.3 Å². The first-order chi connectivity index (χ1) is 12.2. The van der Waals surface area contributed by atoms with Gasteiger partial charge in [-0.2, -0.15) is 5.26 Å². The average molecular weight is 334 g/mol. The first-order valence-corrected chi connectivity index (χ1v) is 8.05. The van der Waals surface area contributed by atoms with Crippen molar-refractivity contribution in [3.05, 3.63) is 77.3 Å². The van der Waals surface area contributed by atoms with Crippen LogP contribution < -0.4 is 0 Å². The van der Waals surface area contributed by atoms with Crippen LogP contribution in [0.15, 0.2) is 71.8 Å². The van der Waals surface area contributed by atoms with E-state index in [0.717, 1.165) is 5.56 Å². The summed E-state index contributed by atoms with van der Waals surface area (Å²) in [6.45, 7) is 3.73.